The molecular formula is C22H36O3. The summed E-state index contributed by atoms with van der Waals surface area (Å²) in [6.07, 6.45) is 10.9. The first-order valence-corrected chi connectivity index (χ1v) is 10.7. The van der Waals surface area contributed by atoms with E-state index in [9.17, 15) is 4.79 Å². The molecule has 142 valence electrons. The Hall–Kier alpha value is -0.410. The van der Waals surface area contributed by atoms with Crippen molar-refractivity contribution in [3.63, 3.8) is 0 Å². The van der Waals surface area contributed by atoms with Crippen molar-refractivity contribution in [2.24, 2.45) is 35.0 Å². The van der Waals surface area contributed by atoms with E-state index in [4.69, 9.17) is 9.84 Å². The van der Waals surface area contributed by atoms with Crippen molar-refractivity contribution in [1.82, 2.24) is 0 Å². The van der Waals surface area contributed by atoms with Gasteiger partial charge in [0.25, 0.3) is 0 Å². The first-order valence-electron chi connectivity index (χ1n) is 10.7. The van der Waals surface area contributed by atoms with Gasteiger partial charge < -0.3 is 9.84 Å². The third-order valence-electron chi connectivity index (χ3n) is 8.62. The third-order valence-corrected chi connectivity index (χ3v) is 8.62. The van der Waals surface area contributed by atoms with Crippen molar-refractivity contribution in [3.05, 3.63) is 0 Å². The number of aliphatic hydroxyl groups is 1. The van der Waals surface area contributed by atoms with Gasteiger partial charge in [-0.3, -0.25) is 4.79 Å². The lowest BCUT2D eigenvalue weighted by Crippen LogP contribution is -2.74. The van der Waals surface area contributed by atoms with Crippen molar-refractivity contribution >= 4 is 5.78 Å². The van der Waals surface area contributed by atoms with Gasteiger partial charge in [0.2, 0.25) is 0 Å². The Morgan fingerprint density at radius 3 is 2.68 bits per heavy atom. The van der Waals surface area contributed by atoms with Crippen LogP contribution >= 0.6 is 0 Å². The Morgan fingerprint density at radius 1 is 1.28 bits per heavy atom. The minimum Gasteiger partial charge on any atom is -0.396 e. The molecule has 8 unspecified atom stereocenters. The second-order valence-electron chi connectivity index (χ2n) is 9.97. The number of fused-ring (bicyclic) bond motifs is 1. The smallest absolute Gasteiger partial charge is 0.135 e. The molecule has 6 rings (SSSR count). The van der Waals surface area contributed by atoms with Gasteiger partial charge in [0, 0.05) is 31.3 Å². The maximum atomic E-state index is 12.0. The van der Waals surface area contributed by atoms with Gasteiger partial charge in [-0.15, -0.1) is 0 Å². The van der Waals surface area contributed by atoms with Crippen LogP contribution in [0.1, 0.15) is 78.6 Å². The van der Waals surface area contributed by atoms with Crippen LogP contribution in [0.25, 0.3) is 0 Å². The molecule has 6 aliphatic rings. The Morgan fingerprint density at radius 2 is 2.00 bits per heavy atom. The van der Waals surface area contributed by atoms with Gasteiger partial charge in [-0.25, -0.2) is 0 Å². The molecule has 2 saturated heterocycles. The molecule has 1 spiro atoms. The SMILES string of the molecule is CC1CC2CCC3C(C4CC5(CC(=O)CCC35C)O4)C2C1.CCCO. The molecule has 8 atom stereocenters. The van der Waals surface area contributed by atoms with E-state index in [2.05, 4.69) is 13.8 Å². The Labute approximate surface area is 152 Å². The van der Waals surface area contributed by atoms with Gasteiger partial charge >= 0.3 is 0 Å². The molecule has 2 heterocycles. The highest BCUT2D eigenvalue weighted by molar-refractivity contribution is 5.81. The molecule has 4 saturated carbocycles. The van der Waals surface area contributed by atoms with E-state index in [1.54, 1.807) is 0 Å². The average Bonchev–Trinajstić information content (AvgIpc) is 2.95. The standard InChI is InChI=1S/C19H28O2.C3H8O/c1-11-7-12-3-4-15-17(14(12)8-11)16-10-19(21-16)9-13(20)5-6-18(15,19)2;1-2-3-4/h11-12,14-17H,3-10H2,1-2H3;4H,2-3H2,1H3. The highest BCUT2D eigenvalue weighted by Gasteiger charge is 2.72. The van der Waals surface area contributed by atoms with Crippen LogP contribution in [0, 0.1) is 35.0 Å². The number of hydrogen-bond donors (Lipinski definition) is 1. The van der Waals surface area contributed by atoms with Crippen LogP contribution < -0.4 is 0 Å². The number of ether oxygens (including phenoxy) is 1. The summed E-state index contributed by atoms with van der Waals surface area (Å²) in [7, 11) is 0. The molecule has 0 radical (unpaired) electrons. The van der Waals surface area contributed by atoms with Crippen LogP contribution in [-0.4, -0.2) is 29.2 Å². The fourth-order valence-electron chi connectivity index (χ4n) is 7.47. The van der Waals surface area contributed by atoms with E-state index in [1.165, 1.54) is 32.1 Å². The highest BCUT2D eigenvalue weighted by Crippen LogP contribution is 2.71. The van der Waals surface area contributed by atoms with Crippen LogP contribution in [0.3, 0.4) is 0 Å². The number of hydrogen-bond acceptors (Lipinski definition) is 3. The lowest BCUT2D eigenvalue weighted by atomic mass is 9.42. The van der Waals surface area contributed by atoms with Gasteiger partial charge in [-0.1, -0.05) is 20.8 Å². The zero-order valence-corrected chi connectivity index (χ0v) is 16.3. The lowest BCUT2D eigenvalue weighted by Gasteiger charge is -2.72. The highest BCUT2D eigenvalue weighted by atomic mass is 16.5. The number of aliphatic hydroxyl groups excluding tert-OH is 1. The van der Waals surface area contributed by atoms with Gasteiger partial charge in [0.1, 0.15) is 5.78 Å². The molecule has 0 amide bonds. The zero-order valence-electron chi connectivity index (χ0n) is 16.3. The molecule has 6 fully saturated rings. The minimum absolute atomic E-state index is 0.0504. The molecule has 0 aromatic carbocycles. The van der Waals surface area contributed by atoms with Gasteiger partial charge in [-0.2, -0.15) is 0 Å². The summed E-state index contributed by atoms with van der Waals surface area (Å²) >= 11 is 0. The van der Waals surface area contributed by atoms with Crippen LogP contribution in [0.5, 0.6) is 0 Å². The number of ketones is 1. The van der Waals surface area contributed by atoms with Gasteiger partial charge in [0.15, 0.2) is 0 Å². The van der Waals surface area contributed by atoms with Crippen molar-refractivity contribution in [2.45, 2.75) is 90.3 Å². The predicted octanol–water partition coefficient (Wildman–Crippen LogP) is 4.36. The summed E-state index contributed by atoms with van der Waals surface area (Å²) in [5.74, 6) is 4.93. The van der Waals surface area contributed by atoms with E-state index in [0.717, 1.165) is 48.9 Å². The van der Waals surface area contributed by atoms with Crippen LogP contribution in [0.4, 0.5) is 0 Å². The minimum atomic E-state index is -0.0504. The number of carbonyl (C=O) groups excluding carboxylic acids is 1. The summed E-state index contributed by atoms with van der Waals surface area (Å²) in [6, 6.07) is 0. The Bertz CT molecular complexity index is 521. The fraction of sp³-hybridized carbons (Fsp3) is 0.955. The molecule has 0 aromatic heterocycles. The number of carbonyl (C=O) groups is 1. The zero-order chi connectivity index (χ0) is 17.8. The second-order valence-corrected chi connectivity index (χ2v) is 9.97. The summed E-state index contributed by atoms with van der Waals surface area (Å²) in [5.41, 5.74) is 0.238. The van der Waals surface area contributed by atoms with Gasteiger partial charge in [0.05, 0.1) is 11.7 Å². The van der Waals surface area contributed by atoms with Crippen LogP contribution in [0.15, 0.2) is 0 Å². The van der Waals surface area contributed by atoms with Crippen molar-refractivity contribution in [2.75, 3.05) is 6.61 Å². The summed E-state index contributed by atoms with van der Waals surface area (Å²) < 4.78 is 6.53. The molecule has 2 bridgehead atoms. The summed E-state index contributed by atoms with van der Waals surface area (Å²) in [5, 5.41) is 7.88. The lowest BCUT2D eigenvalue weighted by molar-refractivity contribution is -0.358. The molecular weight excluding hydrogens is 312 g/mol. The van der Waals surface area contributed by atoms with E-state index >= 15 is 0 Å². The second kappa shape index (κ2) is 6.34. The quantitative estimate of drug-likeness (QED) is 0.765. The van der Waals surface area contributed by atoms with Crippen molar-refractivity contribution in [1.29, 1.82) is 0 Å². The van der Waals surface area contributed by atoms with E-state index in [1.807, 2.05) is 6.92 Å². The molecule has 3 nitrogen and oxygen atoms in total. The average molecular weight is 349 g/mol. The maximum absolute atomic E-state index is 12.0. The number of Topliss-reactive ketones (excluding diaryl/α,β-unsaturated/α-hetero) is 1. The third kappa shape index (κ3) is 2.56. The summed E-state index contributed by atoms with van der Waals surface area (Å²) in [4.78, 5) is 12.0. The maximum Gasteiger partial charge on any atom is 0.135 e. The fourth-order valence-corrected chi connectivity index (χ4v) is 7.47. The topological polar surface area (TPSA) is 46.5 Å². The van der Waals surface area contributed by atoms with E-state index in [0.29, 0.717) is 24.9 Å². The molecule has 4 aliphatic carbocycles. The molecule has 1 N–H and O–H groups in total. The van der Waals surface area contributed by atoms with Gasteiger partial charge in [-0.05, 0) is 68.1 Å². The largest absolute Gasteiger partial charge is 0.396 e. The molecule has 3 heteroatoms. The van der Waals surface area contributed by atoms with E-state index in [-0.39, 0.29) is 11.0 Å². The summed E-state index contributed by atoms with van der Waals surface area (Å²) in [6.45, 7) is 7.17. The molecule has 0 aromatic rings. The predicted molar refractivity (Wildman–Crippen MR) is 98.2 cm³/mol. The Balaban J connectivity index is 0.000000358. The van der Waals surface area contributed by atoms with E-state index < -0.39 is 0 Å². The molecule has 2 aliphatic heterocycles. The number of rotatable bonds is 1. The monoisotopic (exact) mass is 348 g/mol. The van der Waals surface area contributed by atoms with Crippen molar-refractivity contribution in [3.8, 4) is 0 Å². The Kier molecular flexibility index (Phi) is 4.56. The normalized spacial score (nSPS) is 52.9. The molecule has 25 heavy (non-hydrogen) atoms. The van der Waals surface area contributed by atoms with Crippen molar-refractivity contribution < 1.29 is 14.6 Å². The first-order chi connectivity index (χ1) is 11.9. The van der Waals surface area contributed by atoms with Crippen LogP contribution in [0.2, 0.25) is 0 Å². The van der Waals surface area contributed by atoms with Crippen LogP contribution in [-0.2, 0) is 9.53 Å². The first kappa shape index (κ1) is 18.0.